The summed E-state index contributed by atoms with van der Waals surface area (Å²) in [5, 5.41) is 9.77. The average molecular weight is 479 g/mol. The molecule has 2 heterocycles. The van der Waals surface area contributed by atoms with Crippen LogP contribution in [0.3, 0.4) is 0 Å². The Bertz CT molecular complexity index is 1350. The molecule has 1 amide bonds. The fraction of sp³-hybridized carbons (Fsp3) is 0.240. The van der Waals surface area contributed by atoms with E-state index in [1.54, 1.807) is 18.9 Å². The van der Waals surface area contributed by atoms with Gasteiger partial charge in [0.15, 0.2) is 6.61 Å². The third kappa shape index (κ3) is 4.89. The number of aromatic nitrogens is 1. The Morgan fingerprint density at radius 3 is 2.76 bits per heavy atom. The maximum Gasteiger partial charge on any atom is 0.262 e. The van der Waals surface area contributed by atoms with Crippen molar-refractivity contribution in [2.45, 2.75) is 13.8 Å². The maximum absolute atomic E-state index is 11.8. The van der Waals surface area contributed by atoms with Gasteiger partial charge in [0, 0.05) is 22.6 Å². The van der Waals surface area contributed by atoms with Crippen molar-refractivity contribution in [2.75, 3.05) is 32.7 Å². The smallest absolute Gasteiger partial charge is 0.262 e. The van der Waals surface area contributed by atoms with Crippen molar-refractivity contribution < 1.29 is 19.0 Å². The lowest BCUT2D eigenvalue weighted by molar-refractivity contribution is -0.118. The minimum Gasteiger partial charge on any atom is -0.497 e. The quantitative estimate of drug-likeness (QED) is 0.405. The number of hydrogen-bond donors (Lipinski definition) is 1. The summed E-state index contributed by atoms with van der Waals surface area (Å²) in [7, 11) is 3.23. The van der Waals surface area contributed by atoms with E-state index < -0.39 is 0 Å². The molecular weight excluding hydrogens is 452 g/mol. The molecular formula is C25H26N4O4S. The molecule has 176 valence electrons. The number of rotatable bonds is 7. The largest absolute Gasteiger partial charge is 0.497 e. The lowest BCUT2D eigenvalue weighted by atomic mass is 10.1. The summed E-state index contributed by atoms with van der Waals surface area (Å²) >= 11 is 1.48. The van der Waals surface area contributed by atoms with Crippen molar-refractivity contribution in [3.05, 3.63) is 64.3 Å². The van der Waals surface area contributed by atoms with Gasteiger partial charge in [-0.05, 0) is 44.2 Å². The standard InChI is InChI=1S/C25H26N4O4S/c1-15(2)12-26-25-29(28-16(3)19-8-7-18(31-4)11-23(19)32-5)21(14-34-25)17-6-9-22-20(10-17)27-24(30)13-33-22/h6-11,14H,1,12-13H2,2-5H3,(H,27,30)/b26-25?,28-16-. The minimum atomic E-state index is -0.180. The van der Waals surface area contributed by atoms with E-state index in [4.69, 9.17) is 24.3 Å². The average Bonchev–Trinajstić information content (AvgIpc) is 3.23. The maximum atomic E-state index is 11.8. The van der Waals surface area contributed by atoms with E-state index >= 15 is 0 Å². The van der Waals surface area contributed by atoms with E-state index in [1.165, 1.54) is 11.3 Å². The van der Waals surface area contributed by atoms with E-state index in [9.17, 15) is 4.79 Å². The van der Waals surface area contributed by atoms with Crippen LogP contribution in [-0.2, 0) is 4.79 Å². The molecule has 0 saturated heterocycles. The number of methoxy groups -OCH3 is 2. The molecule has 2 aromatic carbocycles. The highest BCUT2D eigenvalue weighted by Gasteiger charge is 2.18. The van der Waals surface area contributed by atoms with Gasteiger partial charge in [-0.1, -0.05) is 12.2 Å². The number of thiazole rings is 1. The third-order valence-corrected chi connectivity index (χ3v) is 5.98. The van der Waals surface area contributed by atoms with Gasteiger partial charge in [-0.2, -0.15) is 5.10 Å². The number of nitrogens with one attached hydrogen (secondary N) is 1. The van der Waals surface area contributed by atoms with Crippen LogP contribution in [-0.4, -0.2) is 43.7 Å². The van der Waals surface area contributed by atoms with Crippen LogP contribution in [0.2, 0.25) is 0 Å². The topological polar surface area (TPSA) is 86.4 Å². The Morgan fingerprint density at radius 1 is 1.21 bits per heavy atom. The fourth-order valence-electron chi connectivity index (χ4n) is 3.45. The van der Waals surface area contributed by atoms with Gasteiger partial charge >= 0.3 is 0 Å². The first-order chi connectivity index (χ1) is 16.4. The third-order valence-electron chi connectivity index (χ3n) is 5.13. The molecule has 0 atom stereocenters. The van der Waals surface area contributed by atoms with Crippen LogP contribution in [0.5, 0.6) is 17.2 Å². The summed E-state index contributed by atoms with van der Waals surface area (Å²) in [5.41, 5.74) is 4.86. The molecule has 1 aliphatic rings. The summed E-state index contributed by atoms with van der Waals surface area (Å²) in [6.07, 6.45) is 0. The van der Waals surface area contributed by atoms with Crippen molar-refractivity contribution >= 4 is 28.6 Å². The van der Waals surface area contributed by atoms with Gasteiger partial charge in [-0.25, -0.2) is 4.68 Å². The molecule has 0 fully saturated rings. The monoisotopic (exact) mass is 478 g/mol. The summed E-state index contributed by atoms with van der Waals surface area (Å²) in [6, 6.07) is 11.3. The number of benzene rings is 2. The highest BCUT2D eigenvalue weighted by atomic mass is 32.1. The van der Waals surface area contributed by atoms with Crippen LogP contribution in [0.4, 0.5) is 5.69 Å². The van der Waals surface area contributed by atoms with Gasteiger partial charge in [0.05, 0.1) is 37.9 Å². The van der Waals surface area contributed by atoms with Crippen LogP contribution < -0.4 is 24.3 Å². The van der Waals surface area contributed by atoms with Gasteiger partial charge in [-0.3, -0.25) is 9.79 Å². The van der Waals surface area contributed by atoms with Gasteiger partial charge in [0.25, 0.3) is 5.91 Å². The number of anilines is 1. The molecule has 0 saturated carbocycles. The second-order valence-corrected chi connectivity index (χ2v) is 8.62. The second-order valence-electron chi connectivity index (χ2n) is 7.79. The molecule has 0 aliphatic carbocycles. The van der Waals surface area contributed by atoms with E-state index in [1.807, 2.05) is 55.6 Å². The van der Waals surface area contributed by atoms with Crippen molar-refractivity contribution in [3.8, 4) is 28.5 Å². The SMILES string of the molecule is C=C(C)CN=c1scc(-c2ccc3c(c2)NC(=O)CO3)n1/N=C(/C)c1ccc(OC)cc1OC. The zero-order valence-electron chi connectivity index (χ0n) is 19.5. The zero-order chi connectivity index (χ0) is 24.2. The molecule has 1 N–H and O–H groups in total. The molecule has 0 radical (unpaired) electrons. The Hall–Kier alpha value is -3.85. The Kier molecular flexibility index (Phi) is 6.83. The molecule has 1 aromatic heterocycles. The first-order valence-electron chi connectivity index (χ1n) is 10.6. The number of fused-ring (bicyclic) bond motifs is 1. The van der Waals surface area contributed by atoms with Gasteiger partial charge in [0.2, 0.25) is 4.80 Å². The Balaban J connectivity index is 1.84. The van der Waals surface area contributed by atoms with Crippen LogP contribution in [0.1, 0.15) is 19.4 Å². The highest BCUT2D eigenvalue weighted by Crippen LogP contribution is 2.33. The van der Waals surface area contributed by atoms with Crippen molar-refractivity contribution in [3.63, 3.8) is 0 Å². The van der Waals surface area contributed by atoms with Gasteiger partial charge in [0.1, 0.15) is 17.2 Å². The highest BCUT2D eigenvalue weighted by molar-refractivity contribution is 7.07. The molecule has 4 rings (SSSR count). The van der Waals surface area contributed by atoms with E-state index in [0.717, 1.165) is 32.9 Å². The zero-order valence-corrected chi connectivity index (χ0v) is 20.4. The van der Waals surface area contributed by atoms with Gasteiger partial charge in [-0.15, -0.1) is 11.3 Å². The van der Waals surface area contributed by atoms with Crippen molar-refractivity contribution in [1.82, 2.24) is 4.68 Å². The predicted molar refractivity (Wildman–Crippen MR) is 134 cm³/mol. The molecule has 3 aromatic rings. The number of carbonyl (C=O) groups excluding carboxylic acids is 1. The fourth-order valence-corrected chi connectivity index (χ4v) is 4.28. The molecule has 0 bridgehead atoms. The summed E-state index contributed by atoms with van der Waals surface area (Å²) in [4.78, 5) is 17.2. The van der Waals surface area contributed by atoms with E-state index in [2.05, 4.69) is 11.9 Å². The molecule has 0 spiro atoms. The predicted octanol–water partition coefficient (Wildman–Crippen LogP) is 4.31. The molecule has 34 heavy (non-hydrogen) atoms. The Labute approximate surface area is 201 Å². The second kappa shape index (κ2) is 9.96. The summed E-state index contributed by atoms with van der Waals surface area (Å²) in [6.45, 7) is 8.32. The van der Waals surface area contributed by atoms with Crippen molar-refractivity contribution in [2.24, 2.45) is 10.1 Å². The lowest BCUT2D eigenvalue weighted by Gasteiger charge is -2.18. The number of carbonyl (C=O) groups is 1. The Morgan fingerprint density at radius 2 is 2.03 bits per heavy atom. The van der Waals surface area contributed by atoms with E-state index in [0.29, 0.717) is 29.5 Å². The first kappa shape index (κ1) is 23.3. The normalized spacial score (nSPS) is 13.7. The number of amides is 1. The molecule has 9 heteroatoms. The molecule has 0 unspecified atom stereocenters. The van der Waals surface area contributed by atoms with E-state index in [-0.39, 0.29) is 12.5 Å². The van der Waals surface area contributed by atoms with Crippen LogP contribution in [0, 0.1) is 0 Å². The van der Waals surface area contributed by atoms with Crippen LogP contribution in [0.15, 0.2) is 64.0 Å². The van der Waals surface area contributed by atoms with Crippen LogP contribution >= 0.6 is 11.3 Å². The number of hydrogen-bond acceptors (Lipinski definition) is 7. The van der Waals surface area contributed by atoms with Gasteiger partial charge < -0.3 is 19.5 Å². The minimum absolute atomic E-state index is 0.0158. The molecule has 1 aliphatic heterocycles. The first-order valence-corrected chi connectivity index (χ1v) is 11.5. The summed E-state index contributed by atoms with van der Waals surface area (Å²) in [5.74, 6) is 1.82. The molecule has 8 nitrogen and oxygen atoms in total. The van der Waals surface area contributed by atoms with Crippen LogP contribution in [0.25, 0.3) is 11.3 Å². The number of nitrogens with zero attached hydrogens (tertiary/aromatic N) is 3. The number of ether oxygens (including phenoxy) is 3. The summed E-state index contributed by atoms with van der Waals surface area (Å²) < 4.78 is 18.2. The van der Waals surface area contributed by atoms with Crippen molar-refractivity contribution in [1.29, 1.82) is 0 Å². The lowest BCUT2D eigenvalue weighted by Crippen LogP contribution is -2.25.